The maximum Gasteiger partial charge on any atom is 0.302 e. The third kappa shape index (κ3) is 9.91. The zero-order chi connectivity index (χ0) is 13.8. The molecule has 0 aliphatic carbocycles. The Morgan fingerprint density at radius 3 is 2.37 bits per heavy atom. The highest BCUT2D eigenvalue weighted by Gasteiger charge is 2.13. The second kappa shape index (κ2) is 11.2. The van der Waals surface area contributed by atoms with Crippen molar-refractivity contribution in [1.82, 2.24) is 0 Å². The Morgan fingerprint density at radius 1 is 1.05 bits per heavy atom. The Balaban J connectivity index is 1.74. The maximum absolute atomic E-state index is 10.5. The van der Waals surface area contributed by atoms with Gasteiger partial charge in [0, 0.05) is 20.1 Å². The molecule has 0 aromatic carbocycles. The molecular weight excluding hydrogens is 244 g/mol. The van der Waals surface area contributed by atoms with E-state index in [2.05, 4.69) is 0 Å². The second-order valence-corrected chi connectivity index (χ2v) is 5.13. The minimum absolute atomic E-state index is 0.0532. The van der Waals surface area contributed by atoms with Crippen LogP contribution in [0.2, 0.25) is 0 Å². The Hall–Kier alpha value is -0.610. The van der Waals surface area contributed by atoms with Crippen molar-refractivity contribution in [2.45, 2.75) is 71.0 Å². The summed E-state index contributed by atoms with van der Waals surface area (Å²) in [7, 11) is 0. The summed E-state index contributed by atoms with van der Waals surface area (Å²) >= 11 is 0. The minimum atomic E-state index is -0.179. The van der Waals surface area contributed by atoms with Crippen molar-refractivity contribution in [2.75, 3.05) is 19.8 Å². The largest absolute Gasteiger partial charge is 0.466 e. The van der Waals surface area contributed by atoms with Gasteiger partial charge in [0.25, 0.3) is 0 Å². The molecule has 1 rings (SSSR count). The van der Waals surface area contributed by atoms with E-state index in [1.54, 1.807) is 0 Å². The fourth-order valence-electron chi connectivity index (χ4n) is 2.18. The van der Waals surface area contributed by atoms with Gasteiger partial charge in [0.05, 0.1) is 6.61 Å². The fourth-order valence-corrected chi connectivity index (χ4v) is 2.18. The smallest absolute Gasteiger partial charge is 0.302 e. The van der Waals surface area contributed by atoms with Crippen LogP contribution >= 0.6 is 0 Å². The van der Waals surface area contributed by atoms with Crippen LogP contribution in [0.15, 0.2) is 0 Å². The molecule has 0 spiro atoms. The number of hydrogen-bond donors (Lipinski definition) is 0. The molecule has 1 aliphatic heterocycles. The molecule has 1 saturated heterocycles. The average molecular weight is 272 g/mol. The van der Waals surface area contributed by atoms with Crippen LogP contribution in [0.25, 0.3) is 0 Å². The van der Waals surface area contributed by atoms with Crippen LogP contribution in [-0.2, 0) is 19.0 Å². The van der Waals surface area contributed by atoms with Gasteiger partial charge in [0.15, 0.2) is 6.29 Å². The summed E-state index contributed by atoms with van der Waals surface area (Å²) < 4.78 is 16.1. The Morgan fingerprint density at radius 2 is 1.74 bits per heavy atom. The second-order valence-electron chi connectivity index (χ2n) is 5.13. The SMILES string of the molecule is CC(=O)OCCCCCCCCOC1CCCCO1. The third-order valence-electron chi connectivity index (χ3n) is 3.29. The molecule has 1 unspecified atom stereocenters. The lowest BCUT2D eigenvalue weighted by Gasteiger charge is -2.22. The quantitative estimate of drug-likeness (QED) is 0.451. The first-order valence-electron chi connectivity index (χ1n) is 7.65. The average Bonchev–Trinajstić information content (AvgIpc) is 2.42. The van der Waals surface area contributed by atoms with Crippen LogP contribution in [-0.4, -0.2) is 32.1 Å². The number of esters is 1. The van der Waals surface area contributed by atoms with Crippen molar-refractivity contribution in [3.05, 3.63) is 0 Å². The number of rotatable bonds is 10. The van der Waals surface area contributed by atoms with E-state index < -0.39 is 0 Å². The summed E-state index contributed by atoms with van der Waals surface area (Å²) in [6, 6.07) is 0. The van der Waals surface area contributed by atoms with Crippen LogP contribution in [0.3, 0.4) is 0 Å². The zero-order valence-corrected chi connectivity index (χ0v) is 12.2. The van der Waals surface area contributed by atoms with E-state index in [9.17, 15) is 4.79 Å². The summed E-state index contributed by atoms with van der Waals surface area (Å²) in [6.07, 6.45) is 10.4. The first-order chi connectivity index (χ1) is 9.29. The lowest BCUT2D eigenvalue weighted by atomic mass is 10.1. The van der Waals surface area contributed by atoms with Crippen LogP contribution in [0.5, 0.6) is 0 Å². The van der Waals surface area contributed by atoms with Crippen molar-refractivity contribution in [1.29, 1.82) is 0 Å². The summed E-state index contributed by atoms with van der Waals surface area (Å²) in [6.45, 7) is 3.69. The Kier molecular flexibility index (Phi) is 9.72. The predicted molar refractivity (Wildman–Crippen MR) is 73.9 cm³/mol. The lowest BCUT2D eigenvalue weighted by Crippen LogP contribution is -2.22. The summed E-state index contributed by atoms with van der Waals surface area (Å²) in [4.78, 5) is 10.5. The fraction of sp³-hybridized carbons (Fsp3) is 0.933. The van der Waals surface area contributed by atoms with Gasteiger partial charge in [-0.2, -0.15) is 0 Å². The van der Waals surface area contributed by atoms with Crippen molar-refractivity contribution in [2.24, 2.45) is 0 Å². The lowest BCUT2D eigenvalue weighted by molar-refractivity contribution is -0.162. The number of carbonyl (C=O) groups excluding carboxylic acids is 1. The highest BCUT2D eigenvalue weighted by Crippen LogP contribution is 2.14. The molecule has 1 fully saturated rings. The molecule has 0 amide bonds. The first-order valence-corrected chi connectivity index (χ1v) is 7.65. The first kappa shape index (κ1) is 16.4. The topological polar surface area (TPSA) is 44.8 Å². The van der Waals surface area contributed by atoms with Crippen molar-refractivity contribution < 1.29 is 19.0 Å². The maximum atomic E-state index is 10.5. The predicted octanol–water partition coefficient (Wildman–Crippen LogP) is 3.43. The molecule has 0 saturated carbocycles. The van der Waals surface area contributed by atoms with Gasteiger partial charge in [-0.25, -0.2) is 0 Å². The Labute approximate surface area is 116 Å². The molecule has 1 atom stereocenters. The van der Waals surface area contributed by atoms with Gasteiger partial charge in [-0.05, 0) is 32.1 Å². The highest BCUT2D eigenvalue weighted by molar-refractivity contribution is 5.65. The zero-order valence-electron chi connectivity index (χ0n) is 12.2. The van der Waals surface area contributed by atoms with E-state index >= 15 is 0 Å². The molecule has 0 aromatic rings. The van der Waals surface area contributed by atoms with E-state index in [1.807, 2.05) is 0 Å². The van der Waals surface area contributed by atoms with E-state index in [0.29, 0.717) is 6.61 Å². The summed E-state index contributed by atoms with van der Waals surface area (Å²) in [5, 5.41) is 0. The van der Waals surface area contributed by atoms with Gasteiger partial charge in [-0.15, -0.1) is 0 Å². The minimum Gasteiger partial charge on any atom is -0.466 e. The number of carbonyl (C=O) groups is 1. The molecule has 0 aromatic heterocycles. The van der Waals surface area contributed by atoms with Gasteiger partial charge >= 0.3 is 5.97 Å². The van der Waals surface area contributed by atoms with Gasteiger partial charge in [0.1, 0.15) is 0 Å². The van der Waals surface area contributed by atoms with Crippen molar-refractivity contribution in [3.63, 3.8) is 0 Å². The Bertz CT molecular complexity index is 224. The number of ether oxygens (including phenoxy) is 3. The highest BCUT2D eigenvalue weighted by atomic mass is 16.7. The number of hydrogen-bond acceptors (Lipinski definition) is 4. The molecule has 1 aliphatic rings. The standard InChI is InChI=1S/C15H28O4/c1-14(16)17-11-7-4-2-3-5-8-12-18-15-10-6-9-13-19-15/h15H,2-13H2,1H3. The monoisotopic (exact) mass is 272 g/mol. The van der Waals surface area contributed by atoms with Gasteiger partial charge in [-0.3, -0.25) is 4.79 Å². The molecule has 0 radical (unpaired) electrons. The summed E-state index contributed by atoms with van der Waals surface area (Å²) in [5.41, 5.74) is 0. The van der Waals surface area contributed by atoms with Crippen LogP contribution in [0, 0.1) is 0 Å². The van der Waals surface area contributed by atoms with E-state index in [1.165, 1.54) is 39.0 Å². The van der Waals surface area contributed by atoms with Crippen LogP contribution in [0.4, 0.5) is 0 Å². The van der Waals surface area contributed by atoms with Gasteiger partial charge < -0.3 is 14.2 Å². The van der Waals surface area contributed by atoms with Gasteiger partial charge in [0.2, 0.25) is 0 Å². The molecule has 4 nitrogen and oxygen atoms in total. The number of unbranched alkanes of at least 4 members (excludes halogenated alkanes) is 5. The van der Waals surface area contributed by atoms with E-state index in [-0.39, 0.29) is 12.3 Å². The molecule has 0 N–H and O–H groups in total. The molecule has 4 heteroatoms. The van der Waals surface area contributed by atoms with E-state index in [4.69, 9.17) is 14.2 Å². The van der Waals surface area contributed by atoms with Crippen LogP contribution < -0.4 is 0 Å². The molecule has 112 valence electrons. The summed E-state index contributed by atoms with van der Waals surface area (Å²) in [5.74, 6) is -0.179. The molecule has 19 heavy (non-hydrogen) atoms. The van der Waals surface area contributed by atoms with E-state index in [0.717, 1.165) is 38.9 Å². The van der Waals surface area contributed by atoms with Crippen molar-refractivity contribution in [3.8, 4) is 0 Å². The molecular formula is C15H28O4. The van der Waals surface area contributed by atoms with Gasteiger partial charge in [-0.1, -0.05) is 25.7 Å². The third-order valence-corrected chi connectivity index (χ3v) is 3.29. The van der Waals surface area contributed by atoms with Crippen molar-refractivity contribution >= 4 is 5.97 Å². The molecule has 1 heterocycles. The normalized spacial score (nSPS) is 19.3. The van der Waals surface area contributed by atoms with Crippen LogP contribution in [0.1, 0.15) is 64.7 Å². The molecule has 0 bridgehead atoms.